The highest BCUT2D eigenvalue weighted by molar-refractivity contribution is 5.91. The molecular formula is C26H40O6. The standard InChI is InChI=1S/C26H40O6/c1-13-10-19-25(12-31-19,32-17(5)27)21-16(4)26(29)11-18(30-9)14(2)20(23(26,6)7)15(3)22(28)24(13,21)8/h13,15-16,18-19,21,29H,10-12H2,1-9H3/t13-,15+,16-,18?,19?,21?,24+,25-,26?/m0/s1. The minimum Gasteiger partial charge on any atom is -0.454 e. The maximum Gasteiger partial charge on any atom is 0.303 e. The first-order valence-corrected chi connectivity index (χ1v) is 12.0. The number of hydrogen-bond acceptors (Lipinski definition) is 6. The summed E-state index contributed by atoms with van der Waals surface area (Å²) in [4.78, 5) is 26.7. The van der Waals surface area contributed by atoms with Crippen LogP contribution in [0.5, 0.6) is 0 Å². The van der Waals surface area contributed by atoms with Crippen molar-refractivity contribution in [1.82, 2.24) is 0 Å². The summed E-state index contributed by atoms with van der Waals surface area (Å²) in [6.07, 6.45) is 0.585. The minimum absolute atomic E-state index is 0.0311. The van der Waals surface area contributed by atoms with Crippen molar-refractivity contribution in [2.45, 2.75) is 91.6 Å². The van der Waals surface area contributed by atoms with Crippen molar-refractivity contribution in [2.24, 2.45) is 34.5 Å². The fourth-order valence-corrected chi connectivity index (χ4v) is 8.43. The van der Waals surface area contributed by atoms with Gasteiger partial charge in [0.1, 0.15) is 11.9 Å². The van der Waals surface area contributed by atoms with E-state index in [0.717, 1.165) is 11.1 Å². The minimum atomic E-state index is -1.15. The molecule has 4 aliphatic rings. The van der Waals surface area contributed by atoms with Crippen molar-refractivity contribution in [2.75, 3.05) is 13.7 Å². The first-order valence-electron chi connectivity index (χ1n) is 12.0. The summed E-state index contributed by atoms with van der Waals surface area (Å²) < 4.78 is 17.8. The van der Waals surface area contributed by atoms with Gasteiger partial charge in [0.25, 0.3) is 0 Å². The molecule has 4 rings (SSSR count). The number of esters is 1. The molecule has 6 nitrogen and oxygen atoms in total. The van der Waals surface area contributed by atoms with E-state index in [1.165, 1.54) is 6.92 Å². The van der Waals surface area contributed by atoms with E-state index in [9.17, 15) is 14.7 Å². The third-order valence-electron chi connectivity index (χ3n) is 10.2. The SMILES string of the molecule is COC1CC2(O)[C@@H](C)C3[C@]4(OC(C)=O)COC4C[C@H](C)[C@@]3(C)C(=O)[C@H](C)C(=C1C)C2(C)C. The van der Waals surface area contributed by atoms with Crippen LogP contribution in [0.4, 0.5) is 0 Å². The van der Waals surface area contributed by atoms with Gasteiger partial charge in [0, 0.05) is 43.1 Å². The van der Waals surface area contributed by atoms with Gasteiger partial charge in [-0.05, 0) is 36.3 Å². The molecule has 0 spiro atoms. The highest BCUT2D eigenvalue weighted by atomic mass is 16.6. The van der Waals surface area contributed by atoms with Gasteiger partial charge in [-0.1, -0.05) is 41.5 Å². The molecule has 32 heavy (non-hydrogen) atoms. The Morgan fingerprint density at radius 1 is 1.19 bits per heavy atom. The summed E-state index contributed by atoms with van der Waals surface area (Å²) in [6, 6.07) is 0. The van der Waals surface area contributed by atoms with E-state index in [1.807, 2.05) is 27.7 Å². The Morgan fingerprint density at radius 3 is 2.31 bits per heavy atom. The van der Waals surface area contributed by atoms with Gasteiger partial charge in [0.05, 0.1) is 18.3 Å². The molecule has 2 saturated carbocycles. The maximum atomic E-state index is 14.4. The van der Waals surface area contributed by atoms with Gasteiger partial charge >= 0.3 is 5.97 Å². The predicted octanol–water partition coefficient (Wildman–Crippen LogP) is 3.70. The number of Topliss-reactive ketones (excluding diaryl/α,β-unsaturated/α-hetero) is 1. The number of ether oxygens (including phenoxy) is 3. The molecule has 0 amide bonds. The fraction of sp³-hybridized carbons (Fsp3) is 0.846. The smallest absolute Gasteiger partial charge is 0.303 e. The monoisotopic (exact) mass is 448 g/mol. The number of carbonyl (C=O) groups is 2. The second-order valence-electron chi connectivity index (χ2n) is 11.7. The summed E-state index contributed by atoms with van der Waals surface area (Å²) in [6.45, 7) is 16.0. The number of ketones is 1. The summed E-state index contributed by atoms with van der Waals surface area (Å²) in [5, 5.41) is 12.5. The van der Waals surface area contributed by atoms with Crippen molar-refractivity contribution in [3.8, 4) is 0 Å². The van der Waals surface area contributed by atoms with Crippen LogP contribution in [0.25, 0.3) is 0 Å². The molecular weight excluding hydrogens is 408 g/mol. The van der Waals surface area contributed by atoms with E-state index in [1.54, 1.807) is 7.11 Å². The molecule has 0 aromatic rings. The predicted molar refractivity (Wildman–Crippen MR) is 120 cm³/mol. The lowest BCUT2D eigenvalue weighted by Gasteiger charge is -2.68. The summed E-state index contributed by atoms with van der Waals surface area (Å²) in [5.74, 6) is -1.23. The molecule has 0 aromatic carbocycles. The lowest BCUT2D eigenvalue weighted by atomic mass is 9.40. The molecule has 6 heteroatoms. The molecule has 1 aliphatic heterocycles. The summed E-state index contributed by atoms with van der Waals surface area (Å²) in [5.41, 5.74) is -1.39. The molecule has 0 radical (unpaired) electrons. The topological polar surface area (TPSA) is 82.1 Å². The second-order valence-corrected chi connectivity index (χ2v) is 11.7. The van der Waals surface area contributed by atoms with E-state index >= 15 is 0 Å². The fourth-order valence-electron chi connectivity index (χ4n) is 8.43. The second kappa shape index (κ2) is 7.13. The van der Waals surface area contributed by atoms with E-state index < -0.39 is 22.0 Å². The van der Waals surface area contributed by atoms with Crippen molar-refractivity contribution >= 4 is 11.8 Å². The Kier molecular flexibility index (Phi) is 5.33. The van der Waals surface area contributed by atoms with Crippen molar-refractivity contribution in [3.63, 3.8) is 0 Å². The van der Waals surface area contributed by atoms with E-state index in [2.05, 4.69) is 20.8 Å². The Bertz CT molecular complexity index is 876. The van der Waals surface area contributed by atoms with Crippen LogP contribution in [0.2, 0.25) is 0 Å². The molecule has 180 valence electrons. The van der Waals surface area contributed by atoms with Crippen LogP contribution in [0, 0.1) is 34.5 Å². The van der Waals surface area contributed by atoms with E-state index in [-0.39, 0.29) is 54.2 Å². The van der Waals surface area contributed by atoms with Gasteiger partial charge in [0.2, 0.25) is 0 Å². The number of hydrogen-bond donors (Lipinski definition) is 1. The lowest BCUT2D eigenvalue weighted by Crippen LogP contribution is -2.78. The molecule has 4 unspecified atom stereocenters. The normalized spacial score (nSPS) is 49.9. The lowest BCUT2D eigenvalue weighted by molar-refractivity contribution is -0.332. The quantitative estimate of drug-likeness (QED) is 0.512. The molecule has 2 bridgehead atoms. The van der Waals surface area contributed by atoms with Crippen LogP contribution in [0.1, 0.15) is 68.2 Å². The zero-order chi connectivity index (χ0) is 24.0. The highest BCUT2D eigenvalue weighted by Gasteiger charge is 2.74. The van der Waals surface area contributed by atoms with Gasteiger partial charge in [-0.3, -0.25) is 9.59 Å². The van der Waals surface area contributed by atoms with Crippen LogP contribution in [0.3, 0.4) is 0 Å². The van der Waals surface area contributed by atoms with Gasteiger partial charge < -0.3 is 19.3 Å². The maximum absolute atomic E-state index is 14.4. The van der Waals surface area contributed by atoms with Gasteiger partial charge in [-0.2, -0.15) is 0 Å². The average Bonchev–Trinajstić information content (AvgIpc) is 2.70. The van der Waals surface area contributed by atoms with Gasteiger partial charge in [0.15, 0.2) is 5.60 Å². The first-order chi connectivity index (χ1) is 14.7. The third-order valence-corrected chi connectivity index (χ3v) is 10.2. The molecule has 0 aromatic heterocycles. The Labute approximate surface area is 192 Å². The molecule has 9 atom stereocenters. The molecule has 1 saturated heterocycles. The summed E-state index contributed by atoms with van der Waals surface area (Å²) >= 11 is 0. The Balaban J connectivity index is 2.02. The molecule has 3 fully saturated rings. The highest BCUT2D eigenvalue weighted by Crippen LogP contribution is 2.67. The van der Waals surface area contributed by atoms with Crippen LogP contribution < -0.4 is 0 Å². The number of methoxy groups -OCH3 is 1. The van der Waals surface area contributed by atoms with Crippen molar-refractivity contribution in [1.29, 1.82) is 0 Å². The zero-order valence-electron chi connectivity index (χ0n) is 21.1. The van der Waals surface area contributed by atoms with E-state index in [4.69, 9.17) is 14.2 Å². The number of carbonyl (C=O) groups excluding carboxylic acids is 2. The third kappa shape index (κ3) is 2.63. The Hall–Kier alpha value is -1.24. The number of rotatable bonds is 2. The average molecular weight is 449 g/mol. The van der Waals surface area contributed by atoms with Crippen molar-refractivity contribution in [3.05, 3.63) is 11.1 Å². The molecule has 1 N–H and O–H groups in total. The molecule has 1 heterocycles. The van der Waals surface area contributed by atoms with Crippen LogP contribution >= 0.6 is 0 Å². The van der Waals surface area contributed by atoms with Gasteiger partial charge in [-0.25, -0.2) is 0 Å². The largest absolute Gasteiger partial charge is 0.454 e. The van der Waals surface area contributed by atoms with Crippen molar-refractivity contribution < 1.29 is 28.9 Å². The Morgan fingerprint density at radius 2 is 1.81 bits per heavy atom. The number of fused-ring (bicyclic) bond motifs is 5. The van der Waals surface area contributed by atoms with Crippen LogP contribution in [-0.4, -0.2) is 54.0 Å². The summed E-state index contributed by atoms with van der Waals surface area (Å²) in [7, 11) is 1.66. The first kappa shape index (κ1) is 23.9. The van der Waals surface area contributed by atoms with Crippen LogP contribution in [0.15, 0.2) is 11.1 Å². The molecule has 3 aliphatic carbocycles. The van der Waals surface area contributed by atoms with Crippen LogP contribution in [-0.2, 0) is 23.8 Å². The van der Waals surface area contributed by atoms with E-state index in [0.29, 0.717) is 12.8 Å². The van der Waals surface area contributed by atoms with Gasteiger partial charge in [-0.15, -0.1) is 0 Å². The zero-order valence-corrected chi connectivity index (χ0v) is 21.1. The number of aliphatic hydroxyl groups is 1.